The smallest absolute Gasteiger partial charge is 0.0597 e. The lowest BCUT2D eigenvalue weighted by Crippen LogP contribution is -2.26. The van der Waals surface area contributed by atoms with E-state index in [1.165, 1.54) is 23.5 Å². The van der Waals surface area contributed by atoms with Crippen LogP contribution in [0.15, 0.2) is 18.2 Å². The fraction of sp³-hybridized carbons (Fsp3) is 0.609. The summed E-state index contributed by atoms with van der Waals surface area (Å²) in [6, 6.07) is 6.45. The van der Waals surface area contributed by atoms with E-state index >= 15 is 0 Å². The molecule has 3 aromatic rings. The summed E-state index contributed by atoms with van der Waals surface area (Å²) in [4.78, 5) is 2.41. The van der Waals surface area contributed by atoms with E-state index in [0.717, 1.165) is 36.7 Å². The molecule has 0 radical (unpaired) electrons. The van der Waals surface area contributed by atoms with Crippen LogP contribution in [0.3, 0.4) is 0 Å². The first-order chi connectivity index (χ1) is 14.2. The van der Waals surface area contributed by atoms with Gasteiger partial charge in [0.2, 0.25) is 0 Å². The van der Waals surface area contributed by atoms with Crippen molar-refractivity contribution in [2.45, 2.75) is 74.5 Å². The maximum absolute atomic E-state index is 4.48. The normalized spacial score (nSPS) is 10.5. The Morgan fingerprint density at radius 1 is 0.633 bits per heavy atom. The lowest BCUT2D eigenvalue weighted by molar-refractivity contribution is 0.228. The molecule has 168 valence electrons. The first kappa shape index (κ1) is 25.6. The summed E-state index contributed by atoms with van der Waals surface area (Å²) < 4.78 is 5.89. The van der Waals surface area contributed by atoms with Crippen LogP contribution in [-0.4, -0.2) is 34.2 Å². The van der Waals surface area contributed by atoms with Crippen molar-refractivity contribution in [3.05, 3.63) is 52.4 Å². The van der Waals surface area contributed by atoms with Crippen LogP contribution in [0.4, 0.5) is 0 Å². The molecule has 0 aliphatic rings. The van der Waals surface area contributed by atoms with Gasteiger partial charge in [0.25, 0.3) is 0 Å². The first-order valence-corrected chi connectivity index (χ1v) is 10.9. The van der Waals surface area contributed by atoms with Crippen molar-refractivity contribution in [1.29, 1.82) is 0 Å². The maximum atomic E-state index is 4.48. The number of nitrogens with zero attached hydrogens (tertiary/aromatic N) is 7. The first-order valence-electron chi connectivity index (χ1n) is 10.9. The molecule has 0 fully saturated rings. The van der Waals surface area contributed by atoms with Gasteiger partial charge in [-0.25, -0.2) is 0 Å². The third kappa shape index (κ3) is 7.44. The summed E-state index contributed by atoms with van der Waals surface area (Å²) in [5, 5.41) is 13.4. The quantitative estimate of drug-likeness (QED) is 0.596. The van der Waals surface area contributed by atoms with Gasteiger partial charge in [-0.15, -0.1) is 0 Å². The van der Waals surface area contributed by atoms with Gasteiger partial charge in [-0.2, -0.15) is 15.3 Å². The van der Waals surface area contributed by atoms with E-state index in [9.17, 15) is 0 Å². The highest BCUT2D eigenvalue weighted by Crippen LogP contribution is 2.15. The molecule has 0 saturated heterocycles. The molecule has 0 saturated carbocycles. The second-order valence-corrected chi connectivity index (χ2v) is 7.55. The molecule has 0 aliphatic heterocycles. The van der Waals surface area contributed by atoms with Crippen molar-refractivity contribution in [2.24, 2.45) is 21.1 Å². The lowest BCUT2D eigenvalue weighted by Gasteiger charge is -2.22. The third-order valence-electron chi connectivity index (χ3n) is 4.45. The van der Waals surface area contributed by atoms with Crippen LogP contribution < -0.4 is 0 Å². The van der Waals surface area contributed by atoms with Gasteiger partial charge in [-0.05, 0) is 39.0 Å². The molecule has 7 heteroatoms. The Morgan fingerprint density at radius 3 is 1.03 bits per heavy atom. The lowest BCUT2D eigenvalue weighted by atomic mass is 10.2. The van der Waals surface area contributed by atoms with Gasteiger partial charge in [-0.3, -0.25) is 18.9 Å². The SMILES string of the molecule is CC.CCC.Cc1cc(CN(Cc2cc(C)nn2C)Cc2cc(C)nn2C)n(C)n1. The predicted octanol–water partition coefficient (Wildman–Crippen LogP) is 4.46. The molecule has 3 aromatic heterocycles. The minimum absolute atomic E-state index is 0.825. The zero-order valence-corrected chi connectivity index (χ0v) is 20.7. The number of hydrogen-bond acceptors (Lipinski definition) is 4. The van der Waals surface area contributed by atoms with E-state index in [1.807, 2.05) is 69.8 Å². The van der Waals surface area contributed by atoms with Gasteiger partial charge in [0, 0.05) is 40.8 Å². The van der Waals surface area contributed by atoms with Crippen LogP contribution in [0.1, 0.15) is 68.3 Å². The van der Waals surface area contributed by atoms with Crippen molar-refractivity contribution in [2.75, 3.05) is 0 Å². The van der Waals surface area contributed by atoms with Gasteiger partial charge < -0.3 is 0 Å². The summed E-state index contributed by atoms with van der Waals surface area (Å²) in [5.41, 5.74) is 6.75. The molecule has 0 amide bonds. The van der Waals surface area contributed by atoms with Crippen molar-refractivity contribution >= 4 is 0 Å². The molecule has 0 aliphatic carbocycles. The Morgan fingerprint density at radius 2 is 0.867 bits per heavy atom. The molecule has 0 aromatic carbocycles. The topological polar surface area (TPSA) is 56.7 Å². The Balaban J connectivity index is 0.000000826. The second-order valence-electron chi connectivity index (χ2n) is 7.55. The van der Waals surface area contributed by atoms with Gasteiger partial charge in [0.15, 0.2) is 0 Å². The van der Waals surface area contributed by atoms with Crippen LogP contribution in [-0.2, 0) is 40.8 Å². The van der Waals surface area contributed by atoms with E-state index in [-0.39, 0.29) is 0 Å². The molecular formula is C23H41N7. The summed E-state index contributed by atoms with van der Waals surface area (Å²) in [6.45, 7) is 16.8. The molecule has 0 bridgehead atoms. The zero-order chi connectivity index (χ0) is 22.8. The van der Waals surface area contributed by atoms with Crippen molar-refractivity contribution < 1.29 is 0 Å². The Labute approximate surface area is 182 Å². The second kappa shape index (κ2) is 12.3. The Bertz CT molecular complexity index is 771. The van der Waals surface area contributed by atoms with Gasteiger partial charge >= 0.3 is 0 Å². The van der Waals surface area contributed by atoms with E-state index < -0.39 is 0 Å². The van der Waals surface area contributed by atoms with Gasteiger partial charge in [0.05, 0.1) is 34.2 Å². The molecule has 0 unspecified atom stereocenters. The zero-order valence-electron chi connectivity index (χ0n) is 20.7. The predicted molar refractivity (Wildman–Crippen MR) is 124 cm³/mol. The van der Waals surface area contributed by atoms with Crippen LogP contribution in [0.25, 0.3) is 0 Å². The molecular weight excluding hydrogens is 374 g/mol. The summed E-state index contributed by atoms with van der Waals surface area (Å²) in [7, 11) is 6.01. The standard InChI is InChI=1S/C18H27N7.C3H8.C2H6/c1-13-7-16(22(4)19-13)10-25(11-17-8-14(2)20-23(17)5)12-18-9-15(3)21-24(18)6;1-3-2;1-2/h7-9H,10-12H2,1-6H3;3H2,1-2H3;1-2H3. The number of hydrogen-bond donors (Lipinski definition) is 0. The summed E-state index contributed by atoms with van der Waals surface area (Å²) >= 11 is 0. The number of aryl methyl sites for hydroxylation is 6. The highest BCUT2D eigenvalue weighted by molar-refractivity contribution is 5.13. The minimum atomic E-state index is 0.825. The third-order valence-corrected chi connectivity index (χ3v) is 4.45. The van der Waals surface area contributed by atoms with Gasteiger partial charge in [-0.1, -0.05) is 34.1 Å². The fourth-order valence-corrected chi connectivity index (χ4v) is 3.29. The average Bonchev–Trinajstić information content (AvgIpc) is 3.27. The van der Waals surface area contributed by atoms with E-state index in [2.05, 4.69) is 52.2 Å². The number of aromatic nitrogens is 6. The summed E-state index contributed by atoms with van der Waals surface area (Å²) in [6.07, 6.45) is 1.25. The molecule has 0 N–H and O–H groups in total. The van der Waals surface area contributed by atoms with Gasteiger partial charge in [0.1, 0.15) is 0 Å². The fourth-order valence-electron chi connectivity index (χ4n) is 3.29. The maximum Gasteiger partial charge on any atom is 0.0597 e. The van der Waals surface area contributed by atoms with Crippen molar-refractivity contribution in [3.8, 4) is 0 Å². The van der Waals surface area contributed by atoms with Crippen LogP contribution in [0.2, 0.25) is 0 Å². The molecule has 0 atom stereocenters. The highest BCUT2D eigenvalue weighted by atomic mass is 15.3. The monoisotopic (exact) mass is 415 g/mol. The van der Waals surface area contributed by atoms with Crippen molar-refractivity contribution in [3.63, 3.8) is 0 Å². The van der Waals surface area contributed by atoms with E-state index in [4.69, 9.17) is 0 Å². The molecule has 7 nitrogen and oxygen atoms in total. The van der Waals surface area contributed by atoms with Crippen LogP contribution in [0.5, 0.6) is 0 Å². The number of rotatable bonds is 6. The Kier molecular flexibility index (Phi) is 10.5. The van der Waals surface area contributed by atoms with E-state index in [1.54, 1.807) is 0 Å². The molecule has 3 heterocycles. The molecule has 3 rings (SSSR count). The average molecular weight is 416 g/mol. The van der Waals surface area contributed by atoms with Crippen LogP contribution in [0, 0.1) is 20.8 Å². The highest BCUT2D eigenvalue weighted by Gasteiger charge is 2.15. The molecule has 0 spiro atoms. The van der Waals surface area contributed by atoms with E-state index in [0.29, 0.717) is 0 Å². The Hall–Kier alpha value is -2.41. The van der Waals surface area contributed by atoms with Crippen LogP contribution >= 0.6 is 0 Å². The summed E-state index contributed by atoms with van der Waals surface area (Å²) in [5.74, 6) is 0. The van der Waals surface area contributed by atoms with Crippen molar-refractivity contribution in [1.82, 2.24) is 34.2 Å². The minimum Gasteiger partial charge on any atom is -0.286 e. The molecule has 30 heavy (non-hydrogen) atoms. The largest absolute Gasteiger partial charge is 0.286 e.